The highest BCUT2D eigenvalue weighted by molar-refractivity contribution is 6.29. The summed E-state index contributed by atoms with van der Waals surface area (Å²) in [7, 11) is 0. The molecule has 1 aromatic carbocycles. The zero-order chi connectivity index (χ0) is 20.3. The molecule has 0 saturated carbocycles. The molecule has 0 aliphatic rings. The summed E-state index contributed by atoms with van der Waals surface area (Å²) < 4.78 is 51.9. The van der Waals surface area contributed by atoms with Crippen molar-refractivity contribution in [3.63, 3.8) is 0 Å². The number of halogens is 5. The number of benzene rings is 1. The Bertz CT molecular complexity index is 978. The zero-order valence-electron chi connectivity index (χ0n) is 14.1. The topological polar surface area (TPSA) is 88.8 Å². The maximum Gasteiger partial charge on any atom is 0.419 e. The van der Waals surface area contributed by atoms with E-state index in [0.29, 0.717) is 17.8 Å². The Kier molecular flexibility index (Phi) is 5.50. The van der Waals surface area contributed by atoms with Gasteiger partial charge in [-0.3, -0.25) is 0 Å². The second-order valence-electron chi connectivity index (χ2n) is 5.66. The Hall–Kier alpha value is -3.14. The maximum atomic E-state index is 13.4. The van der Waals surface area contributed by atoms with E-state index in [4.69, 9.17) is 17.3 Å². The highest BCUT2D eigenvalue weighted by Crippen LogP contribution is 2.33. The summed E-state index contributed by atoms with van der Waals surface area (Å²) in [5.41, 5.74) is 5.15. The van der Waals surface area contributed by atoms with Crippen LogP contribution in [0.25, 0.3) is 0 Å². The number of pyridine rings is 1. The average Bonchev–Trinajstić information content (AvgIpc) is 2.61. The van der Waals surface area contributed by atoms with E-state index in [1.807, 2.05) is 0 Å². The first-order valence-corrected chi connectivity index (χ1v) is 8.21. The summed E-state index contributed by atoms with van der Waals surface area (Å²) in [5.74, 6) is -0.980. The van der Waals surface area contributed by atoms with Crippen molar-refractivity contribution in [2.45, 2.75) is 12.7 Å². The third-order valence-corrected chi connectivity index (χ3v) is 3.75. The van der Waals surface area contributed by atoms with Crippen LogP contribution in [0.15, 0.2) is 42.6 Å². The first kappa shape index (κ1) is 19.6. The summed E-state index contributed by atoms with van der Waals surface area (Å²) in [6.07, 6.45) is -3.25. The van der Waals surface area contributed by atoms with Crippen LogP contribution in [-0.2, 0) is 12.7 Å². The molecule has 6 nitrogen and oxygen atoms in total. The normalized spacial score (nSPS) is 11.3. The van der Waals surface area contributed by atoms with Crippen LogP contribution in [0.3, 0.4) is 0 Å². The number of nitrogen functional groups attached to an aromatic ring is 1. The minimum absolute atomic E-state index is 0.000300. The summed E-state index contributed by atoms with van der Waals surface area (Å²) >= 11 is 5.72. The maximum absolute atomic E-state index is 13.4. The quantitative estimate of drug-likeness (QED) is 0.418. The van der Waals surface area contributed by atoms with E-state index in [2.05, 4.69) is 25.6 Å². The summed E-state index contributed by atoms with van der Waals surface area (Å²) in [6.45, 7) is 0.321. The molecule has 0 saturated heterocycles. The lowest BCUT2D eigenvalue weighted by Crippen LogP contribution is -2.10. The molecule has 0 fully saturated rings. The molecule has 2 aromatic heterocycles. The van der Waals surface area contributed by atoms with Crippen molar-refractivity contribution in [3.05, 3.63) is 64.7 Å². The number of hydrogen-bond donors (Lipinski definition) is 3. The number of hydrogen-bond acceptors (Lipinski definition) is 6. The molecule has 146 valence electrons. The van der Waals surface area contributed by atoms with Crippen molar-refractivity contribution in [2.24, 2.45) is 0 Å². The highest BCUT2D eigenvalue weighted by atomic mass is 35.5. The number of anilines is 4. The lowest BCUT2D eigenvalue weighted by Gasteiger charge is -2.12. The van der Waals surface area contributed by atoms with Gasteiger partial charge in [0.1, 0.15) is 22.6 Å². The van der Waals surface area contributed by atoms with E-state index in [0.717, 1.165) is 17.7 Å². The van der Waals surface area contributed by atoms with E-state index >= 15 is 0 Å². The van der Waals surface area contributed by atoms with Gasteiger partial charge < -0.3 is 16.4 Å². The van der Waals surface area contributed by atoms with Crippen LogP contribution in [0.4, 0.5) is 40.8 Å². The van der Waals surface area contributed by atoms with Crippen LogP contribution in [0.2, 0.25) is 5.15 Å². The largest absolute Gasteiger partial charge is 0.419 e. The van der Waals surface area contributed by atoms with Crippen LogP contribution in [0.5, 0.6) is 0 Å². The Morgan fingerprint density at radius 1 is 1.07 bits per heavy atom. The van der Waals surface area contributed by atoms with E-state index in [9.17, 15) is 17.6 Å². The molecule has 28 heavy (non-hydrogen) atoms. The molecule has 0 aliphatic heterocycles. The number of nitrogens with one attached hydrogen (secondary N) is 2. The van der Waals surface area contributed by atoms with Crippen LogP contribution in [0, 0.1) is 5.82 Å². The smallest absolute Gasteiger partial charge is 0.383 e. The molecule has 0 amide bonds. The van der Waals surface area contributed by atoms with Gasteiger partial charge in [-0.15, -0.1) is 0 Å². The molecule has 0 aliphatic carbocycles. The lowest BCUT2D eigenvalue weighted by molar-refractivity contribution is -0.139. The molecule has 4 N–H and O–H groups in total. The van der Waals surface area contributed by atoms with Crippen molar-refractivity contribution in [3.8, 4) is 0 Å². The Morgan fingerprint density at radius 3 is 2.54 bits per heavy atom. The molecule has 0 spiro atoms. The van der Waals surface area contributed by atoms with Gasteiger partial charge in [-0.1, -0.05) is 17.7 Å². The van der Waals surface area contributed by atoms with Gasteiger partial charge in [-0.05, 0) is 29.8 Å². The number of nitrogens with two attached hydrogens (primary N) is 1. The number of nitrogens with zero attached hydrogens (tertiary/aromatic N) is 3. The van der Waals surface area contributed by atoms with E-state index in [1.54, 1.807) is 18.3 Å². The second-order valence-corrected chi connectivity index (χ2v) is 6.05. The van der Waals surface area contributed by atoms with Crippen LogP contribution < -0.4 is 16.4 Å². The fourth-order valence-corrected chi connectivity index (χ4v) is 2.38. The second kappa shape index (κ2) is 7.85. The van der Waals surface area contributed by atoms with Gasteiger partial charge >= 0.3 is 6.18 Å². The van der Waals surface area contributed by atoms with Gasteiger partial charge in [0, 0.05) is 24.5 Å². The van der Waals surface area contributed by atoms with Crippen molar-refractivity contribution in [1.82, 2.24) is 15.0 Å². The third-order valence-electron chi connectivity index (χ3n) is 3.53. The zero-order valence-corrected chi connectivity index (χ0v) is 14.8. The first-order valence-electron chi connectivity index (χ1n) is 7.83. The predicted octanol–water partition coefficient (Wildman–Crippen LogP) is 4.62. The lowest BCUT2D eigenvalue weighted by atomic mass is 10.2. The van der Waals surface area contributed by atoms with Gasteiger partial charge in [-0.25, -0.2) is 9.37 Å². The summed E-state index contributed by atoms with van der Waals surface area (Å²) in [4.78, 5) is 12.1. The molecule has 11 heteroatoms. The Balaban J connectivity index is 1.77. The SMILES string of the molecule is Nc1cc(Nc2ccc(F)c(C(F)(F)F)c2)nc(NCc2ccc(Cl)nc2)n1. The van der Waals surface area contributed by atoms with Crippen LogP contribution in [-0.4, -0.2) is 15.0 Å². The van der Waals surface area contributed by atoms with Crippen molar-refractivity contribution in [1.29, 1.82) is 0 Å². The molecule has 0 radical (unpaired) electrons. The van der Waals surface area contributed by atoms with Gasteiger partial charge in [0.25, 0.3) is 0 Å². The minimum atomic E-state index is -4.81. The molecule has 3 aromatic rings. The van der Waals surface area contributed by atoms with E-state index in [-0.39, 0.29) is 23.3 Å². The van der Waals surface area contributed by atoms with Crippen LogP contribution >= 0.6 is 11.6 Å². The standard InChI is InChI=1S/C17H13ClF4N6/c18-13-4-1-9(7-24-13)8-25-16-27-14(23)6-15(28-16)26-10-2-3-12(19)11(5-10)17(20,21)22/h1-7H,8H2,(H4,23,25,26,27,28). The fourth-order valence-electron chi connectivity index (χ4n) is 2.27. The summed E-state index contributed by atoms with van der Waals surface area (Å²) in [6, 6.07) is 7.26. The minimum Gasteiger partial charge on any atom is -0.383 e. The number of aromatic nitrogens is 3. The first-order chi connectivity index (χ1) is 13.2. The molecule has 2 heterocycles. The summed E-state index contributed by atoms with van der Waals surface area (Å²) in [5, 5.41) is 5.94. The number of alkyl halides is 3. The third kappa shape index (κ3) is 4.97. The average molecular weight is 413 g/mol. The van der Waals surface area contributed by atoms with Gasteiger partial charge in [0.05, 0.1) is 5.56 Å². The van der Waals surface area contributed by atoms with Crippen molar-refractivity contribution >= 4 is 34.9 Å². The Morgan fingerprint density at radius 2 is 1.86 bits per heavy atom. The number of rotatable bonds is 5. The van der Waals surface area contributed by atoms with Crippen LogP contribution in [0.1, 0.15) is 11.1 Å². The molecule has 0 bridgehead atoms. The molecular weight excluding hydrogens is 400 g/mol. The highest BCUT2D eigenvalue weighted by Gasteiger charge is 2.34. The van der Waals surface area contributed by atoms with E-state index < -0.39 is 17.6 Å². The fraction of sp³-hybridized carbons (Fsp3) is 0.118. The van der Waals surface area contributed by atoms with Crippen molar-refractivity contribution < 1.29 is 17.6 Å². The molecule has 0 unspecified atom stereocenters. The van der Waals surface area contributed by atoms with Crippen molar-refractivity contribution in [2.75, 3.05) is 16.4 Å². The monoisotopic (exact) mass is 412 g/mol. The molecule has 0 atom stereocenters. The van der Waals surface area contributed by atoms with E-state index in [1.165, 1.54) is 6.07 Å². The predicted molar refractivity (Wildman–Crippen MR) is 97.7 cm³/mol. The van der Waals surface area contributed by atoms with Gasteiger partial charge in [0.2, 0.25) is 5.95 Å². The van der Waals surface area contributed by atoms with Gasteiger partial charge in [0.15, 0.2) is 0 Å². The molecule has 3 rings (SSSR count). The van der Waals surface area contributed by atoms with Gasteiger partial charge in [-0.2, -0.15) is 23.1 Å². The Labute approximate surface area is 161 Å². The molecular formula is C17H13ClF4N6.